The highest BCUT2D eigenvalue weighted by molar-refractivity contribution is 6.37. The highest BCUT2D eigenvalue weighted by Gasteiger charge is 2.37. The zero-order valence-corrected chi connectivity index (χ0v) is 16.7. The second kappa shape index (κ2) is 8.14. The number of nitrogens with zero attached hydrogens (tertiary/aromatic N) is 2. The molecule has 8 heteroatoms. The third-order valence-electron chi connectivity index (χ3n) is 5.63. The van der Waals surface area contributed by atoms with Crippen molar-refractivity contribution in [2.45, 2.75) is 25.8 Å². The number of likely N-dealkylation sites (tertiary alicyclic amines) is 1. The van der Waals surface area contributed by atoms with Crippen molar-refractivity contribution in [2.75, 3.05) is 25.0 Å². The van der Waals surface area contributed by atoms with Crippen LogP contribution in [0.1, 0.15) is 35.3 Å². The standard InChI is InChI=1S/C22H23N3O5/c1-2-30-22(29)20(27)23-17-7-4-3-6-16(17)21(28)24-11-14-10-15(13-24)18-8-5-9-19(26)25(18)12-14/h3-9,14-15H,2,10-13H2,1H3,(H,23,27)/t14-,15-/m0/s1. The van der Waals surface area contributed by atoms with Crippen LogP contribution in [0.2, 0.25) is 0 Å². The lowest BCUT2D eigenvalue weighted by Crippen LogP contribution is -2.49. The van der Waals surface area contributed by atoms with Crippen LogP contribution in [0.5, 0.6) is 0 Å². The van der Waals surface area contributed by atoms with Crippen LogP contribution in [-0.2, 0) is 20.9 Å². The predicted molar refractivity (Wildman–Crippen MR) is 109 cm³/mol. The second-order valence-electron chi connectivity index (χ2n) is 7.63. The van der Waals surface area contributed by atoms with Crippen molar-refractivity contribution in [3.63, 3.8) is 0 Å². The van der Waals surface area contributed by atoms with Crippen molar-refractivity contribution in [1.29, 1.82) is 0 Å². The van der Waals surface area contributed by atoms with Gasteiger partial charge in [-0.15, -0.1) is 0 Å². The maximum absolute atomic E-state index is 13.3. The zero-order chi connectivity index (χ0) is 21.3. The Kier molecular flexibility index (Phi) is 5.39. The number of nitrogens with one attached hydrogen (secondary N) is 1. The fourth-order valence-corrected chi connectivity index (χ4v) is 4.38. The molecule has 0 unspecified atom stereocenters. The number of anilines is 1. The molecule has 156 valence electrons. The van der Waals surface area contributed by atoms with Gasteiger partial charge in [-0.05, 0) is 37.5 Å². The van der Waals surface area contributed by atoms with Gasteiger partial charge in [0.1, 0.15) is 0 Å². The Balaban J connectivity index is 1.56. The highest BCUT2D eigenvalue weighted by Crippen LogP contribution is 2.35. The Hall–Kier alpha value is -3.42. The molecule has 1 N–H and O–H groups in total. The molecule has 2 aromatic rings. The first kappa shape index (κ1) is 19.9. The van der Waals surface area contributed by atoms with Crippen molar-refractivity contribution in [1.82, 2.24) is 9.47 Å². The van der Waals surface area contributed by atoms with E-state index in [-0.39, 0.29) is 35.6 Å². The van der Waals surface area contributed by atoms with E-state index in [1.54, 1.807) is 48.2 Å². The van der Waals surface area contributed by atoms with E-state index in [0.29, 0.717) is 25.2 Å². The third kappa shape index (κ3) is 3.72. The van der Waals surface area contributed by atoms with Gasteiger partial charge in [-0.2, -0.15) is 0 Å². The van der Waals surface area contributed by atoms with Crippen LogP contribution in [0.25, 0.3) is 0 Å². The Morgan fingerprint density at radius 1 is 1.07 bits per heavy atom. The van der Waals surface area contributed by atoms with E-state index < -0.39 is 11.9 Å². The Labute approximate surface area is 173 Å². The molecule has 2 aliphatic heterocycles. The third-order valence-corrected chi connectivity index (χ3v) is 5.63. The Morgan fingerprint density at radius 2 is 1.87 bits per heavy atom. The van der Waals surface area contributed by atoms with Crippen LogP contribution < -0.4 is 10.9 Å². The van der Waals surface area contributed by atoms with Crippen molar-refractivity contribution in [2.24, 2.45) is 5.92 Å². The van der Waals surface area contributed by atoms with Gasteiger partial charge in [-0.1, -0.05) is 18.2 Å². The van der Waals surface area contributed by atoms with E-state index in [1.165, 1.54) is 0 Å². The predicted octanol–water partition coefficient (Wildman–Crippen LogP) is 1.61. The number of para-hydroxylation sites is 1. The van der Waals surface area contributed by atoms with Gasteiger partial charge in [0.15, 0.2) is 0 Å². The van der Waals surface area contributed by atoms with E-state index in [2.05, 4.69) is 5.32 Å². The Morgan fingerprint density at radius 3 is 2.67 bits per heavy atom. The van der Waals surface area contributed by atoms with Crippen molar-refractivity contribution in [3.8, 4) is 0 Å². The molecular weight excluding hydrogens is 386 g/mol. The zero-order valence-electron chi connectivity index (χ0n) is 16.7. The number of amides is 2. The van der Waals surface area contributed by atoms with E-state index >= 15 is 0 Å². The number of piperidine rings is 1. The number of benzene rings is 1. The van der Waals surface area contributed by atoms with Crippen LogP contribution in [0, 0.1) is 5.92 Å². The molecule has 1 aromatic carbocycles. The van der Waals surface area contributed by atoms with Crippen molar-refractivity contribution < 1.29 is 19.1 Å². The van der Waals surface area contributed by atoms with E-state index in [9.17, 15) is 19.2 Å². The number of esters is 1. The molecule has 0 saturated carbocycles. The molecule has 1 saturated heterocycles. The van der Waals surface area contributed by atoms with Crippen LogP contribution >= 0.6 is 0 Å². The maximum atomic E-state index is 13.3. The summed E-state index contributed by atoms with van der Waals surface area (Å²) < 4.78 is 6.53. The molecule has 2 bridgehead atoms. The van der Waals surface area contributed by atoms with Crippen LogP contribution in [-0.4, -0.2) is 46.9 Å². The smallest absolute Gasteiger partial charge is 0.397 e. The lowest BCUT2D eigenvalue weighted by atomic mass is 9.83. The summed E-state index contributed by atoms with van der Waals surface area (Å²) in [7, 11) is 0. The minimum Gasteiger partial charge on any atom is -0.459 e. The fourth-order valence-electron chi connectivity index (χ4n) is 4.38. The van der Waals surface area contributed by atoms with Crippen molar-refractivity contribution in [3.05, 3.63) is 64.1 Å². The van der Waals surface area contributed by atoms with Gasteiger partial charge < -0.3 is 19.5 Å². The van der Waals surface area contributed by atoms with E-state index in [0.717, 1.165) is 12.1 Å². The largest absolute Gasteiger partial charge is 0.459 e. The molecule has 2 aliphatic rings. The number of rotatable bonds is 3. The summed E-state index contributed by atoms with van der Waals surface area (Å²) >= 11 is 0. The van der Waals surface area contributed by atoms with Gasteiger partial charge in [0.25, 0.3) is 11.5 Å². The van der Waals surface area contributed by atoms with Gasteiger partial charge in [0.2, 0.25) is 0 Å². The topological polar surface area (TPSA) is 97.7 Å². The first-order chi connectivity index (χ1) is 14.5. The van der Waals surface area contributed by atoms with Gasteiger partial charge >= 0.3 is 11.9 Å². The number of ether oxygens (including phenoxy) is 1. The molecule has 8 nitrogen and oxygen atoms in total. The molecule has 2 amide bonds. The molecule has 1 aromatic heterocycles. The Bertz CT molecular complexity index is 1060. The lowest BCUT2D eigenvalue weighted by molar-refractivity contribution is -0.152. The van der Waals surface area contributed by atoms with Gasteiger partial charge in [-0.25, -0.2) is 4.79 Å². The first-order valence-electron chi connectivity index (χ1n) is 10.0. The molecule has 4 rings (SSSR count). The number of carbonyl (C=O) groups is 3. The van der Waals surface area contributed by atoms with Crippen LogP contribution in [0.4, 0.5) is 5.69 Å². The molecule has 30 heavy (non-hydrogen) atoms. The van der Waals surface area contributed by atoms with Gasteiger partial charge in [-0.3, -0.25) is 14.4 Å². The number of carbonyl (C=O) groups excluding carboxylic acids is 3. The minimum absolute atomic E-state index is 0.00556. The number of hydrogen-bond acceptors (Lipinski definition) is 5. The van der Waals surface area contributed by atoms with E-state index in [1.807, 2.05) is 10.6 Å². The van der Waals surface area contributed by atoms with Crippen molar-refractivity contribution >= 4 is 23.5 Å². The summed E-state index contributed by atoms with van der Waals surface area (Å²) in [6.45, 7) is 3.34. The van der Waals surface area contributed by atoms with E-state index in [4.69, 9.17) is 4.74 Å². The average Bonchev–Trinajstić information content (AvgIpc) is 2.74. The first-order valence-corrected chi connectivity index (χ1v) is 10.0. The fraction of sp³-hybridized carbons (Fsp3) is 0.364. The molecule has 3 heterocycles. The van der Waals surface area contributed by atoms with Gasteiger partial charge in [0.05, 0.1) is 17.9 Å². The summed E-state index contributed by atoms with van der Waals surface area (Å²) in [5.74, 6) is -1.83. The molecule has 0 aliphatic carbocycles. The summed E-state index contributed by atoms with van der Waals surface area (Å²) in [6, 6.07) is 11.9. The van der Waals surface area contributed by atoms with Crippen LogP contribution in [0.15, 0.2) is 47.3 Å². The molecular formula is C22H23N3O5. The highest BCUT2D eigenvalue weighted by atomic mass is 16.5. The molecule has 0 spiro atoms. The SMILES string of the molecule is CCOC(=O)C(=O)Nc1ccccc1C(=O)N1C[C@@H]2C[C@@H](C1)c1cccc(=O)n1C2. The average molecular weight is 409 g/mol. The number of fused-ring (bicyclic) bond motifs is 4. The molecule has 0 radical (unpaired) electrons. The quantitative estimate of drug-likeness (QED) is 0.614. The summed E-state index contributed by atoms with van der Waals surface area (Å²) in [4.78, 5) is 50.9. The minimum atomic E-state index is -0.991. The molecule has 1 fully saturated rings. The summed E-state index contributed by atoms with van der Waals surface area (Å²) in [5.41, 5.74) is 1.54. The second-order valence-corrected chi connectivity index (χ2v) is 7.63. The lowest BCUT2D eigenvalue weighted by Gasteiger charge is -2.42. The van der Waals surface area contributed by atoms with Crippen LogP contribution in [0.3, 0.4) is 0 Å². The summed E-state index contributed by atoms with van der Waals surface area (Å²) in [6.07, 6.45) is 0.939. The maximum Gasteiger partial charge on any atom is 0.397 e. The number of aromatic nitrogens is 1. The van der Waals surface area contributed by atoms with Gasteiger partial charge in [0, 0.05) is 37.3 Å². The summed E-state index contributed by atoms with van der Waals surface area (Å²) in [5, 5.41) is 2.48. The number of hydrogen-bond donors (Lipinski definition) is 1. The number of pyridine rings is 1. The monoisotopic (exact) mass is 409 g/mol. The molecule has 2 atom stereocenters. The normalized spacial score (nSPS) is 19.6.